The van der Waals surface area contributed by atoms with Crippen molar-refractivity contribution in [2.75, 3.05) is 33.9 Å². The molecule has 0 saturated carbocycles. The van der Waals surface area contributed by atoms with Crippen molar-refractivity contribution < 1.29 is 4.74 Å². The van der Waals surface area contributed by atoms with E-state index < -0.39 is 0 Å². The molecule has 0 amide bonds. The van der Waals surface area contributed by atoms with Crippen molar-refractivity contribution in [2.24, 2.45) is 13.0 Å². The first kappa shape index (κ1) is 13.5. The lowest BCUT2D eigenvalue weighted by molar-refractivity contribution is 0.0204. The lowest BCUT2D eigenvalue weighted by atomic mass is 9.95. The summed E-state index contributed by atoms with van der Waals surface area (Å²) in [4.78, 5) is 6.69. The standard InChI is InChI=1S/C13H24N4O/c1-14-12-4-7-18-10-11(12)8-16(2)9-13-15-5-6-17(13)3/h5-6,11-12,14H,4,7-10H2,1-3H3. The van der Waals surface area contributed by atoms with Crippen LogP contribution in [0.1, 0.15) is 12.2 Å². The summed E-state index contributed by atoms with van der Waals surface area (Å²) < 4.78 is 7.66. The van der Waals surface area contributed by atoms with Crippen LogP contribution in [0.2, 0.25) is 0 Å². The number of aryl methyl sites for hydroxylation is 1. The van der Waals surface area contributed by atoms with Gasteiger partial charge in [-0.25, -0.2) is 4.98 Å². The fraction of sp³-hybridized carbons (Fsp3) is 0.769. The molecule has 0 spiro atoms. The van der Waals surface area contributed by atoms with E-state index >= 15 is 0 Å². The number of ether oxygens (including phenoxy) is 1. The highest BCUT2D eigenvalue weighted by molar-refractivity contribution is 4.91. The third-order valence-corrected chi connectivity index (χ3v) is 3.72. The predicted molar refractivity (Wildman–Crippen MR) is 71.3 cm³/mol. The zero-order chi connectivity index (χ0) is 13.0. The Hall–Kier alpha value is -0.910. The average Bonchev–Trinajstić information content (AvgIpc) is 2.75. The van der Waals surface area contributed by atoms with Crippen molar-refractivity contribution in [3.63, 3.8) is 0 Å². The second kappa shape index (κ2) is 6.31. The van der Waals surface area contributed by atoms with Gasteiger partial charge in [-0.15, -0.1) is 0 Å². The van der Waals surface area contributed by atoms with E-state index in [1.165, 1.54) is 0 Å². The molecule has 5 heteroatoms. The molecule has 2 heterocycles. The van der Waals surface area contributed by atoms with Crippen molar-refractivity contribution in [1.29, 1.82) is 0 Å². The van der Waals surface area contributed by atoms with Gasteiger partial charge in [0, 0.05) is 44.6 Å². The number of aromatic nitrogens is 2. The summed E-state index contributed by atoms with van der Waals surface area (Å²) in [5.41, 5.74) is 0. The minimum atomic E-state index is 0.564. The number of hydrogen-bond donors (Lipinski definition) is 1. The topological polar surface area (TPSA) is 42.3 Å². The maximum Gasteiger partial charge on any atom is 0.122 e. The molecule has 18 heavy (non-hydrogen) atoms. The fourth-order valence-corrected chi connectivity index (χ4v) is 2.61. The maximum atomic E-state index is 5.59. The number of hydrogen-bond acceptors (Lipinski definition) is 4. The highest BCUT2D eigenvalue weighted by Gasteiger charge is 2.25. The molecular weight excluding hydrogens is 228 g/mol. The second-order valence-corrected chi connectivity index (χ2v) is 5.17. The summed E-state index contributed by atoms with van der Waals surface area (Å²) in [7, 11) is 6.23. The van der Waals surface area contributed by atoms with Gasteiger partial charge >= 0.3 is 0 Å². The van der Waals surface area contributed by atoms with E-state index in [0.29, 0.717) is 12.0 Å². The van der Waals surface area contributed by atoms with Gasteiger partial charge in [-0.05, 0) is 20.5 Å². The third-order valence-electron chi connectivity index (χ3n) is 3.72. The molecule has 5 nitrogen and oxygen atoms in total. The molecule has 1 saturated heterocycles. The van der Waals surface area contributed by atoms with Gasteiger partial charge in [0.05, 0.1) is 13.2 Å². The normalized spacial score (nSPS) is 24.7. The van der Waals surface area contributed by atoms with E-state index in [1.54, 1.807) is 0 Å². The van der Waals surface area contributed by atoms with Gasteiger partial charge in [0.2, 0.25) is 0 Å². The van der Waals surface area contributed by atoms with Crippen molar-refractivity contribution >= 4 is 0 Å². The number of imidazole rings is 1. The summed E-state index contributed by atoms with van der Waals surface area (Å²) in [6.07, 6.45) is 4.95. The summed E-state index contributed by atoms with van der Waals surface area (Å²) >= 11 is 0. The fourth-order valence-electron chi connectivity index (χ4n) is 2.61. The van der Waals surface area contributed by atoms with E-state index in [0.717, 1.165) is 38.5 Å². The molecule has 0 bridgehead atoms. The van der Waals surface area contributed by atoms with Gasteiger partial charge in [0.25, 0.3) is 0 Å². The SMILES string of the molecule is CNC1CCOCC1CN(C)Cc1nccn1C. The Labute approximate surface area is 109 Å². The minimum Gasteiger partial charge on any atom is -0.381 e. The Bertz CT molecular complexity index is 366. The maximum absolute atomic E-state index is 5.59. The van der Waals surface area contributed by atoms with E-state index in [-0.39, 0.29) is 0 Å². The molecule has 0 aromatic carbocycles. The molecule has 2 unspecified atom stereocenters. The van der Waals surface area contributed by atoms with Crippen LogP contribution in [0.5, 0.6) is 0 Å². The van der Waals surface area contributed by atoms with Crippen LogP contribution in [0.4, 0.5) is 0 Å². The number of nitrogens with one attached hydrogen (secondary N) is 1. The molecular formula is C13H24N4O. The molecule has 1 aliphatic heterocycles. The van der Waals surface area contributed by atoms with Gasteiger partial charge in [-0.2, -0.15) is 0 Å². The first-order valence-corrected chi connectivity index (χ1v) is 6.60. The predicted octanol–water partition coefficient (Wildman–Crippen LogP) is 0.476. The van der Waals surface area contributed by atoms with Crippen LogP contribution in [0.25, 0.3) is 0 Å². The van der Waals surface area contributed by atoms with Gasteiger partial charge in [0.15, 0.2) is 0 Å². The van der Waals surface area contributed by atoms with Crippen LogP contribution in [-0.2, 0) is 18.3 Å². The molecule has 1 N–H and O–H groups in total. The first-order chi connectivity index (χ1) is 8.70. The summed E-state index contributed by atoms with van der Waals surface area (Å²) in [6, 6.07) is 0.572. The van der Waals surface area contributed by atoms with Gasteiger partial charge in [0.1, 0.15) is 5.82 Å². The molecule has 102 valence electrons. The lowest BCUT2D eigenvalue weighted by Crippen LogP contribution is -2.45. The van der Waals surface area contributed by atoms with E-state index in [9.17, 15) is 0 Å². The van der Waals surface area contributed by atoms with Crippen LogP contribution >= 0.6 is 0 Å². The van der Waals surface area contributed by atoms with Crippen molar-refractivity contribution in [1.82, 2.24) is 19.8 Å². The van der Waals surface area contributed by atoms with Gasteiger partial charge in [-0.1, -0.05) is 0 Å². The molecule has 1 aromatic heterocycles. The number of nitrogens with zero attached hydrogens (tertiary/aromatic N) is 3. The molecule has 0 radical (unpaired) electrons. The molecule has 2 atom stereocenters. The zero-order valence-electron chi connectivity index (χ0n) is 11.6. The average molecular weight is 252 g/mol. The molecule has 1 fully saturated rings. The quantitative estimate of drug-likeness (QED) is 0.827. The van der Waals surface area contributed by atoms with E-state index in [4.69, 9.17) is 4.74 Å². The number of rotatable bonds is 5. The van der Waals surface area contributed by atoms with Crippen LogP contribution < -0.4 is 5.32 Å². The zero-order valence-corrected chi connectivity index (χ0v) is 11.6. The Morgan fingerprint density at radius 1 is 1.61 bits per heavy atom. The van der Waals surface area contributed by atoms with Crippen LogP contribution in [0.15, 0.2) is 12.4 Å². The first-order valence-electron chi connectivity index (χ1n) is 6.60. The second-order valence-electron chi connectivity index (χ2n) is 5.17. The van der Waals surface area contributed by atoms with E-state index in [2.05, 4.69) is 26.8 Å². The molecule has 0 aliphatic carbocycles. The van der Waals surface area contributed by atoms with Gasteiger partial charge in [-0.3, -0.25) is 4.90 Å². The van der Waals surface area contributed by atoms with Crippen molar-refractivity contribution in [3.05, 3.63) is 18.2 Å². The Balaban J connectivity index is 1.86. The highest BCUT2D eigenvalue weighted by Crippen LogP contribution is 2.16. The molecule has 2 rings (SSSR count). The third kappa shape index (κ3) is 3.31. The van der Waals surface area contributed by atoms with Crippen molar-refractivity contribution in [3.8, 4) is 0 Å². The van der Waals surface area contributed by atoms with Crippen LogP contribution in [0.3, 0.4) is 0 Å². The van der Waals surface area contributed by atoms with Crippen LogP contribution in [0, 0.1) is 5.92 Å². The highest BCUT2D eigenvalue weighted by atomic mass is 16.5. The van der Waals surface area contributed by atoms with Crippen molar-refractivity contribution in [2.45, 2.75) is 19.0 Å². The minimum absolute atomic E-state index is 0.564. The summed E-state index contributed by atoms with van der Waals surface area (Å²) in [5.74, 6) is 1.67. The monoisotopic (exact) mass is 252 g/mol. The Kier molecular flexibility index (Phi) is 4.74. The Morgan fingerprint density at radius 2 is 2.44 bits per heavy atom. The lowest BCUT2D eigenvalue weighted by Gasteiger charge is -2.34. The summed E-state index contributed by atoms with van der Waals surface area (Å²) in [5, 5.41) is 3.40. The smallest absolute Gasteiger partial charge is 0.122 e. The van der Waals surface area contributed by atoms with Crippen LogP contribution in [-0.4, -0.2) is 54.3 Å². The van der Waals surface area contributed by atoms with E-state index in [1.807, 2.05) is 26.5 Å². The Morgan fingerprint density at radius 3 is 3.11 bits per heavy atom. The summed E-state index contributed by atoms with van der Waals surface area (Å²) in [6.45, 7) is 3.66. The largest absolute Gasteiger partial charge is 0.381 e. The molecule has 1 aromatic rings. The van der Waals surface area contributed by atoms with Gasteiger partial charge < -0.3 is 14.6 Å². The molecule has 1 aliphatic rings.